The zero-order chi connectivity index (χ0) is 15.3. The van der Waals surface area contributed by atoms with Crippen LogP contribution in [0.5, 0.6) is 0 Å². The van der Waals surface area contributed by atoms with E-state index in [0.717, 1.165) is 5.39 Å². The van der Waals surface area contributed by atoms with Crippen LogP contribution in [0.4, 0.5) is 0 Å². The molecular formula is C15H19NO4S. The fourth-order valence-corrected chi connectivity index (χ4v) is 3.40. The summed E-state index contributed by atoms with van der Waals surface area (Å²) < 4.78 is 37.6. The van der Waals surface area contributed by atoms with Crippen LogP contribution >= 0.6 is 0 Å². The highest BCUT2D eigenvalue weighted by atomic mass is 32.2. The van der Waals surface area contributed by atoms with Crippen molar-refractivity contribution >= 4 is 20.8 Å². The molecule has 5 nitrogen and oxygen atoms in total. The first-order chi connectivity index (χ1) is 10.1. The summed E-state index contributed by atoms with van der Waals surface area (Å²) in [5.74, 6) is 0. The number of nitrogens with one attached hydrogen (secondary N) is 1. The highest BCUT2D eigenvalue weighted by Crippen LogP contribution is 2.22. The molecule has 0 aliphatic rings. The highest BCUT2D eigenvalue weighted by Gasteiger charge is 2.19. The topological polar surface area (TPSA) is 64.6 Å². The molecule has 0 aliphatic carbocycles. The molecule has 0 bridgehead atoms. The van der Waals surface area contributed by atoms with Gasteiger partial charge in [-0.2, -0.15) is 0 Å². The minimum atomic E-state index is -3.60. The molecule has 1 N–H and O–H groups in total. The van der Waals surface area contributed by atoms with Crippen LogP contribution in [0.25, 0.3) is 10.8 Å². The molecule has 0 aliphatic heterocycles. The molecule has 114 valence electrons. The molecule has 0 saturated heterocycles. The van der Waals surface area contributed by atoms with Gasteiger partial charge in [0, 0.05) is 26.2 Å². The lowest BCUT2D eigenvalue weighted by Gasteiger charge is -2.16. The van der Waals surface area contributed by atoms with Gasteiger partial charge in [0.2, 0.25) is 10.0 Å². The zero-order valence-corrected chi connectivity index (χ0v) is 12.9. The van der Waals surface area contributed by atoms with E-state index < -0.39 is 10.0 Å². The monoisotopic (exact) mass is 309 g/mol. The Bertz CT molecular complexity index is 694. The molecule has 2 aromatic carbocycles. The van der Waals surface area contributed by atoms with Crippen molar-refractivity contribution in [1.82, 2.24) is 4.72 Å². The van der Waals surface area contributed by atoms with E-state index >= 15 is 0 Å². The fourth-order valence-electron chi connectivity index (χ4n) is 2.11. The molecule has 2 aromatic rings. The second-order valence-corrected chi connectivity index (χ2v) is 6.38. The maximum atomic E-state index is 12.5. The van der Waals surface area contributed by atoms with Gasteiger partial charge >= 0.3 is 0 Å². The predicted molar refractivity (Wildman–Crippen MR) is 81.8 cm³/mol. The number of benzene rings is 2. The van der Waals surface area contributed by atoms with Crippen molar-refractivity contribution < 1.29 is 17.9 Å². The van der Waals surface area contributed by atoms with E-state index in [1.54, 1.807) is 25.3 Å². The van der Waals surface area contributed by atoms with Crippen LogP contribution in [0.3, 0.4) is 0 Å². The van der Waals surface area contributed by atoms with Crippen LogP contribution < -0.4 is 4.72 Å². The van der Waals surface area contributed by atoms with Gasteiger partial charge in [-0.1, -0.05) is 36.4 Å². The maximum absolute atomic E-state index is 12.5. The van der Waals surface area contributed by atoms with Crippen molar-refractivity contribution in [2.45, 2.75) is 11.0 Å². The number of hydrogen-bond acceptors (Lipinski definition) is 4. The lowest BCUT2D eigenvalue weighted by Crippen LogP contribution is -2.35. The fraction of sp³-hybridized carbons (Fsp3) is 0.333. The predicted octanol–water partition coefficient (Wildman–Crippen LogP) is 1.78. The van der Waals surface area contributed by atoms with E-state index in [1.165, 1.54) is 7.11 Å². The minimum Gasteiger partial charge on any atom is -0.382 e. The van der Waals surface area contributed by atoms with E-state index in [4.69, 9.17) is 9.47 Å². The van der Waals surface area contributed by atoms with E-state index in [-0.39, 0.29) is 17.5 Å². The molecule has 1 atom stereocenters. The quantitative estimate of drug-likeness (QED) is 0.847. The van der Waals surface area contributed by atoms with Gasteiger partial charge in [-0.05, 0) is 11.5 Å². The Hall–Kier alpha value is -1.47. The van der Waals surface area contributed by atoms with Crippen LogP contribution in [0, 0.1) is 0 Å². The number of methoxy groups -OCH3 is 2. The molecule has 0 radical (unpaired) electrons. The standard InChI is InChI=1S/C15H19NO4S/c1-19-11-13(20-2)10-16-21(17,18)15-9-5-7-12-6-3-4-8-14(12)15/h3-9,13,16H,10-11H2,1-2H3. The Morgan fingerprint density at radius 3 is 2.52 bits per heavy atom. The Labute approximate surface area is 124 Å². The molecule has 0 fully saturated rings. The number of ether oxygens (including phenoxy) is 2. The molecular weight excluding hydrogens is 290 g/mol. The summed E-state index contributed by atoms with van der Waals surface area (Å²) in [5, 5.41) is 1.59. The molecule has 1 unspecified atom stereocenters. The Morgan fingerprint density at radius 2 is 1.81 bits per heavy atom. The van der Waals surface area contributed by atoms with Gasteiger partial charge in [-0.3, -0.25) is 0 Å². The summed E-state index contributed by atoms with van der Waals surface area (Å²) in [6.07, 6.45) is -0.320. The van der Waals surface area contributed by atoms with Gasteiger partial charge in [0.05, 0.1) is 17.6 Å². The average Bonchev–Trinajstić information content (AvgIpc) is 2.50. The molecule has 6 heteroatoms. The third-order valence-electron chi connectivity index (χ3n) is 3.23. The first-order valence-electron chi connectivity index (χ1n) is 6.57. The Morgan fingerprint density at radius 1 is 1.10 bits per heavy atom. The Kier molecular flexibility index (Phi) is 5.30. The van der Waals surface area contributed by atoms with Gasteiger partial charge in [-0.15, -0.1) is 0 Å². The van der Waals surface area contributed by atoms with Gasteiger partial charge < -0.3 is 9.47 Å². The Balaban J connectivity index is 2.26. The van der Waals surface area contributed by atoms with Crippen molar-refractivity contribution in [3.63, 3.8) is 0 Å². The number of rotatable bonds is 7. The lowest BCUT2D eigenvalue weighted by molar-refractivity contribution is 0.0320. The largest absolute Gasteiger partial charge is 0.382 e. The van der Waals surface area contributed by atoms with Crippen LogP contribution in [-0.2, 0) is 19.5 Å². The smallest absolute Gasteiger partial charge is 0.241 e. The molecule has 21 heavy (non-hydrogen) atoms. The zero-order valence-electron chi connectivity index (χ0n) is 12.1. The summed E-state index contributed by atoms with van der Waals surface area (Å²) in [6, 6.07) is 12.6. The van der Waals surface area contributed by atoms with E-state index in [2.05, 4.69) is 4.72 Å². The van der Waals surface area contributed by atoms with Crippen LogP contribution in [0.2, 0.25) is 0 Å². The van der Waals surface area contributed by atoms with E-state index in [9.17, 15) is 8.42 Å². The maximum Gasteiger partial charge on any atom is 0.241 e. The summed E-state index contributed by atoms with van der Waals surface area (Å²) in [4.78, 5) is 0.271. The number of fused-ring (bicyclic) bond motifs is 1. The first-order valence-corrected chi connectivity index (χ1v) is 8.06. The number of sulfonamides is 1. The molecule has 0 spiro atoms. The van der Waals surface area contributed by atoms with Gasteiger partial charge in [0.25, 0.3) is 0 Å². The lowest BCUT2D eigenvalue weighted by atomic mass is 10.1. The van der Waals surface area contributed by atoms with Crippen molar-refractivity contribution in [3.8, 4) is 0 Å². The molecule has 0 heterocycles. The van der Waals surface area contributed by atoms with Crippen LogP contribution in [0.1, 0.15) is 0 Å². The molecule has 0 saturated carbocycles. The normalized spacial score (nSPS) is 13.4. The third kappa shape index (κ3) is 3.79. The van der Waals surface area contributed by atoms with Gasteiger partial charge in [0.15, 0.2) is 0 Å². The average molecular weight is 309 g/mol. The van der Waals surface area contributed by atoms with Crippen molar-refractivity contribution in [2.24, 2.45) is 0 Å². The van der Waals surface area contributed by atoms with Gasteiger partial charge in [-0.25, -0.2) is 13.1 Å². The summed E-state index contributed by atoms with van der Waals surface area (Å²) >= 11 is 0. The number of hydrogen-bond donors (Lipinski definition) is 1. The second kappa shape index (κ2) is 7.00. The van der Waals surface area contributed by atoms with E-state index in [1.807, 2.05) is 24.3 Å². The van der Waals surface area contributed by atoms with Crippen molar-refractivity contribution in [2.75, 3.05) is 27.4 Å². The first kappa shape index (κ1) is 15.9. The summed E-state index contributed by atoms with van der Waals surface area (Å²) in [7, 11) is -0.525. The van der Waals surface area contributed by atoms with Crippen molar-refractivity contribution in [3.05, 3.63) is 42.5 Å². The second-order valence-electron chi connectivity index (χ2n) is 4.64. The van der Waals surface area contributed by atoms with Crippen LogP contribution in [0.15, 0.2) is 47.4 Å². The minimum absolute atomic E-state index is 0.163. The molecule has 2 rings (SSSR count). The van der Waals surface area contributed by atoms with E-state index in [0.29, 0.717) is 12.0 Å². The van der Waals surface area contributed by atoms with Gasteiger partial charge in [0.1, 0.15) is 0 Å². The summed E-state index contributed by atoms with van der Waals surface area (Å²) in [6.45, 7) is 0.491. The highest BCUT2D eigenvalue weighted by molar-refractivity contribution is 7.89. The van der Waals surface area contributed by atoms with Crippen LogP contribution in [-0.4, -0.2) is 41.9 Å². The molecule has 0 amide bonds. The van der Waals surface area contributed by atoms with Crippen molar-refractivity contribution in [1.29, 1.82) is 0 Å². The SMILES string of the molecule is COCC(CNS(=O)(=O)c1cccc2ccccc12)OC. The third-order valence-corrected chi connectivity index (χ3v) is 4.71. The molecule has 0 aromatic heterocycles. The summed E-state index contributed by atoms with van der Waals surface area (Å²) in [5.41, 5.74) is 0.